The maximum Gasteiger partial charge on any atom is 0.0632 e. The second-order valence-electron chi connectivity index (χ2n) is 5.37. The molecule has 1 unspecified atom stereocenters. The lowest BCUT2D eigenvalue weighted by atomic mass is 9.98. The fourth-order valence-corrected chi connectivity index (χ4v) is 1.98. The van der Waals surface area contributed by atoms with Crippen molar-refractivity contribution in [2.24, 2.45) is 5.92 Å². The lowest BCUT2D eigenvalue weighted by molar-refractivity contribution is 0.0445. The van der Waals surface area contributed by atoms with E-state index in [1.807, 2.05) is 6.92 Å². The first-order chi connectivity index (χ1) is 6.49. The van der Waals surface area contributed by atoms with Crippen LogP contribution in [0.15, 0.2) is 0 Å². The van der Waals surface area contributed by atoms with E-state index in [1.165, 1.54) is 19.5 Å². The Kier molecular flexibility index (Phi) is 4.39. The van der Waals surface area contributed by atoms with E-state index < -0.39 is 5.60 Å². The standard InChI is InChI=1S/C12H25NO/c1-11(2)5-9-13-8-4-6-12(3,14)7-10-13/h11,14H,4-10H2,1-3H3. The molecule has 1 heterocycles. The van der Waals surface area contributed by atoms with Gasteiger partial charge in [0.2, 0.25) is 0 Å². The van der Waals surface area contributed by atoms with Crippen molar-refractivity contribution in [3.8, 4) is 0 Å². The molecule has 0 aromatic heterocycles. The Morgan fingerprint density at radius 2 is 2.00 bits per heavy atom. The predicted molar refractivity (Wildman–Crippen MR) is 60.4 cm³/mol. The summed E-state index contributed by atoms with van der Waals surface area (Å²) in [6.07, 6.45) is 4.32. The Balaban J connectivity index is 2.28. The summed E-state index contributed by atoms with van der Waals surface area (Å²) in [6, 6.07) is 0. The van der Waals surface area contributed by atoms with E-state index in [1.54, 1.807) is 0 Å². The minimum absolute atomic E-state index is 0.410. The van der Waals surface area contributed by atoms with Crippen LogP contribution in [0.1, 0.15) is 46.5 Å². The topological polar surface area (TPSA) is 23.5 Å². The van der Waals surface area contributed by atoms with Crippen LogP contribution in [0, 0.1) is 5.92 Å². The van der Waals surface area contributed by atoms with Gasteiger partial charge in [0.1, 0.15) is 0 Å². The zero-order valence-corrected chi connectivity index (χ0v) is 9.92. The van der Waals surface area contributed by atoms with E-state index in [0.717, 1.165) is 31.7 Å². The van der Waals surface area contributed by atoms with Crippen LogP contribution in [0.25, 0.3) is 0 Å². The Morgan fingerprint density at radius 3 is 2.64 bits per heavy atom. The van der Waals surface area contributed by atoms with Crippen molar-refractivity contribution in [1.82, 2.24) is 4.90 Å². The van der Waals surface area contributed by atoms with Gasteiger partial charge in [-0.2, -0.15) is 0 Å². The van der Waals surface area contributed by atoms with Crippen LogP contribution in [0.4, 0.5) is 0 Å². The summed E-state index contributed by atoms with van der Waals surface area (Å²) in [7, 11) is 0. The summed E-state index contributed by atoms with van der Waals surface area (Å²) < 4.78 is 0. The minimum Gasteiger partial charge on any atom is -0.390 e. The average Bonchev–Trinajstić information content (AvgIpc) is 2.23. The van der Waals surface area contributed by atoms with Gasteiger partial charge in [0.05, 0.1) is 5.60 Å². The second-order valence-corrected chi connectivity index (χ2v) is 5.37. The van der Waals surface area contributed by atoms with E-state index in [4.69, 9.17) is 0 Å². The lowest BCUT2D eigenvalue weighted by Crippen LogP contribution is -2.29. The number of hydrogen-bond acceptors (Lipinski definition) is 2. The van der Waals surface area contributed by atoms with Crippen LogP contribution in [-0.2, 0) is 0 Å². The SMILES string of the molecule is CC(C)CCN1CCCC(C)(O)CC1. The zero-order valence-electron chi connectivity index (χ0n) is 9.92. The average molecular weight is 199 g/mol. The smallest absolute Gasteiger partial charge is 0.0632 e. The van der Waals surface area contributed by atoms with Crippen LogP contribution >= 0.6 is 0 Å². The molecule has 0 aromatic rings. The molecular weight excluding hydrogens is 174 g/mol. The molecule has 0 radical (unpaired) electrons. The molecule has 1 aliphatic rings. The number of rotatable bonds is 3. The van der Waals surface area contributed by atoms with Crippen LogP contribution < -0.4 is 0 Å². The van der Waals surface area contributed by atoms with Crippen LogP contribution in [0.2, 0.25) is 0 Å². The number of hydrogen-bond donors (Lipinski definition) is 1. The molecule has 2 heteroatoms. The Morgan fingerprint density at radius 1 is 1.29 bits per heavy atom. The van der Waals surface area contributed by atoms with Gasteiger partial charge in [-0.25, -0.2) is 0 Å². The molecule has 0 bridgehead atoms. The first-order valence-electron chi connectivity index (χ1n) is 5.94. The fraction of sp³-hybridized carbons (Fsp3) is 1.00. The minimum atomic E-state index is -0.410. The van der Waals surface area contributed by atoms with Gasteiger partial charge in [0, 0.05) is 6.54 Å². The Hall–Kier alpha value is -0.0800. The highest BCUT2D eigenvalue weighted by Crippen LogP contribution is 2.21. The molecule has 1 saturated heterocycles. The van der Waals surface area contributed by atoms with Crippen molar-refractivity contribution < 1.29 is 5.11 Å². The molecule has 2 nitrogen and oxygen atoms in total. The molecule has 0 spiro atoms. The molecule has 0 aromatic carbocycles. The molecule has 84 valence electrons. The molecule has 1 fully saturated rings. The number of nitrogens with zero attached hydrogens (tertiary/aromatic N) is 1. The molecule has 0 amide bonds. The van der Waals surface area contributed by atoms with E-state index >= 15 is 0 Å². The van der Waals surface area contributed by atoms with Gasteiger partial charge in [0.15, 0.2) is 0 Å². The monoisotopic (exact) mass is 199 g/mol. The van der Waals surface area contributed by atoms with Gasteiger partial charge in [-0.05, 0) is 51.6 Å². The molecule has 1 aliphatic heterocycles. The van der Waals surface area contributed by atoms with Gasteiger partial charge in [-0.15, -0.1) is 0 Å². The van der Waals surface area contributed by atoms with Crippen molar-refractivity contribution in [1.29, 1.82) is 0 Å². The summed E-state index contributed by atoms with van der Waals surface area (Å²) in [5.74, 6) is 0.791. The first-order valence-corrected chi connectivity index (χ1v) is 5.94. The highest BCUT2D eigenvalue weighted by molar-refractivity contribution is 4.79. The van der Waals surface area contributed by atoms with Gasteiger partial charge >= 0.3 is 0 Å². The summed E-state index contributed by atoms with van der Waals surface area (Å²) in [5, 5.41) is 9.92. The van der Waals surface area contributed by atoms with Gasteiger partial charge in [-0.1, -0.05) is 13.8 Å². The van der Waals surface area contributed by atoms with Gasteiger partial charge in [-0.3, -0.25) is 0 Å². The summed E-state index contributed by atoms with van der Waals surface area (Å²) >= 11 is 0. The van der Waals surface area contributed by atoms with Crippen molar-refractivity contribution in [3.63, 3.8) is 0 Å². The van der Waals surface area contributed by atoms with Gasteiger partial charge < -0.3 is 10.0 Å². The van der Waals surface area contributed by atoms with Crippen LogP contribution in [0.3, 0.4) is 0 Å². The van der Waals surface area contributed by atoms with Gasteiger partial charge in [0.25, 0.3) is 0 Å². The largest absolute Gasteiger partial charge is 0.390 e. The van der Waals surface area contributed by atoms with E-state index in [-0.39, 0.29) is 0 Å². The first kappa shape index (κ1) is 12.0. The van der Waals surface area contributed by atoms with E-state index in [9.17, 15) is 5.11 Å². The molecule has 0 aliphatic carbocycles. The summed E-state index contributed by atoms with van der Waals surface area (Å²) in [6.45, 7) is 9.96. The molecule has 14 heavy (non-hydrogen) atoms. The highest BCUT2D eigenvalue weighted by Gasteiger charge is 2.24. The van der Waals surface area contributed by atoms with Crippen LogP contribution in [-0.4, -0.2) is 35.2 Å². The quantitative estimate of drug-likeness (QED) is 0.753. The van der Waals surface area contributed by atoms with Crippen molar-refractivity contribution in [2.75, 3.05) is 19.6 Å². The predicted octanol–water partition coefficient (Wildman–Crippen LogP) is 2.27. The third-order valence-electron chi connectivity index (χ3n) is 3.18. The van der Waals surface area contributed by atoms with Crippen LogP contribution in [0.5, 0.6) is 0 Å². The van der Waals surface area contributed by atoms with E-state index in [2.05, 4.69) is 18.7 Å². The molecule has 0 saturated carbocycles. The normalized spacial score (nSPS) is 30.6. The summed E-state index contributed by atoms with van der Waals surface area (Å²) in [4.78, 5) is 2.50. The molecular formula is C12H25NO. The third-order valence-corrected chi connectivity index (χ3v) is 3.18. The molecule has 1 atom stereocenters. The number of aliphatic hydroxyl groups is 1. The molecule has 1 N–H and O–H groups in total. The second kappa shape index (κ2) is 5.13. The Bertz CT molecular complexity index is 166. The van der Waals surface area contributed by atoms with Crippen molar-refractivity contribution >= 4 is 0 Å². The Labute approximate surface area is 88.3 Å². The van der Waals surface area contributed by atoms with Crippen molar-refractivity contribution in [2.45, 2.75) is 52.1 Å². The number of likely N-dealkylation sites (tertiary alicyclic amines) is 1. The fourth-order valence-electron chi connectivity index (χ4n) is 1.98. The van der Waals surface area contributed by atoms with E-state index in [0.29, 0.717) is 0 Å². The third kappa shape index (κ3) is 4.43. The molecule has 1 rings (SSSR count). The zero-order chi connectivity index (χ0) is 10.6. The lowest BCUT2D eigenvalue weighted by Gasteiger charge is -2.22. The summed E-state index contributed by atoms with van der Waals surface area (Å²) in [5.41, 5.74) is -0.410. The van der Waals surface area contributed by atoms with Crippen molar-refractivity contribution in [3.05, 3.63) is 0 Å². The maximum atomic E-state index is 9.92. The highest BCUT2D eigenvalue weighted by atomic mass is 16.3. The maximum absolute atomic E-state index is 9.92.